The van der Waals surface area contributed by atoms with Crippen LogP contribution < -0.4 is 5.32 Å². The number of rotatable bonds is 7. The van der Waals surface area contributed by atoms with E-state index in [4.69, 9.17) is 10.4 Å². The zero-order valence-electron chi connectivity index (χ0n) is 13.3. The molecule has 0 amide bonds. The molecule has 0 aliphatic heterocycles. The van der Waals surface area contributed by atoms with Gasteiger partial charge in [-0.15, -0.1) is 11.8 Å². The number of carboxylic acid groups (broad SMARTS) is 1. The molecule has 2 rings (SSSR count). The summed E-state index contributed by atoms with van der Waals surface area (Å²) in [4.78, 5) is 22.4. The van der Waals surface area contributed by atoms with E-state index in [1.165, 1.54) is 13.1 Å². The molecule has 128 valence electrons. The Morgan fingerprint density at radius 1 is 1.40 bits per heavy atom. The van der Waals surface area contributed by atoms with Gasteiger partial charge in [-0.2, -0.15) is 5.26 Å². The first kappa shape index (κ1) is 18.4. The summed E-state index contributed by atoms with van der Waals surface area (Å²) in [6, 6.07) is 12.6. The lowest BCUT2D eigenvalue weighted by Gasteiger charge is -2.13. The van der Waals surface area contributed by atoms with Crippen LogP contribution in [0.3, 0.4) is 0 Å². The number of carbonyl (C=O) groups is 1. The number of hydrogen-bond acceptors (Lipinski definition) is 6. The molecule has 0 spiro atoms. The van der Waals surface area contributed by atoms with Crippen LogP contribution in [0.25, 0.3) is 11.1 Å². The first-order chi connectivity index (χ1) is 12.0. The molecule has 0 aliphatic carbocycles. The molecule has 0 heterocycles. The highest BCUT2D eigenvalue weighted by atomic mass is 32.2. The van der Waals surface area contributed by atoms with Gasteiger partial charge < -0.3 is 10.4 Å². The summed E-state index contributed by atoms with van der Waals surface area (Å²) in [6.07, 6.45) is 0. The minimum atomic E-state index is -1.03. The fourth-order valence-corrected chi connectivity index (χ4v) is 3.52. The van der Waals surface area contributed by atoms with Crippen molar-refractivity contribution >= 4 is 23.4 Å². The molecule has 0 aromatic heterocycles. The molecule has 0 saturated carbocycles. The first-order valence-corrected chi connectivity index (χ1v) is 8.27. The maximum absolute atomic E-state index is 11.4. The van der Waals surface area contributed by atoms with Crippen molar-refractivity contribution in [2.45, 2.75) is 10.9 Å². The highest BCUT2D eigenvalue weighted by Gasteiger charge is 2.22. The van der Waals surface area contributed by atoms with Crippen molar-refractivity contribution in [3.8, 4) is 17.2 Å². The van der Waals surface area contributed by atoms with Crippen molar-refractivity contribution in [3.63, 3.8) is 0 Å². The lowest BCUT2D eigenvalue weighted by Crippen LogP contribution is -2.36. The second-order valence-corrected chi connectivity index (χ2v) is 6.12. The van der Waals surface area contributed by atoms with Gasteiger partial charge in [-0.05, 0) is 24.7 Å². The van der Waals surface area contributed by atoms with Crippen molar-refractivity contribution in [2.24, 2.45) is 0 Å². The molecule has 0 fully saturated rings. The average Bonchev–Trinajstić information content (AvgIpc) is 2.61. The van der Waals surface area contributed by atoms with Gasteiger partial charge in [0.25, 0.3) is 5.69 Å². The smallest absolute Gasteiger partial charge is 0.321 e. The number of nitro benzene ring substituents is 1. The Labute approximate surface area is 148 Å². The molecular formula is C17H15N3O4S. The summed E-state index contributed by atoms with van der Waals surface area (Å²) in [5, 5.41) is 32.2. The van der Waals surface area contributed by atoms with Crippen LogP contribution in [0.2, 0.25) is 0 Å². The summed E-state index contributed by atoms with van der Waals surface area (Å²) in [5.74, 6) is -0.900. The Hall–Kier alpha value is -2.89. The number of nitriles is 1. The summed E-state index contributed by atoms with van der Waals surface area (Å²) in [7, 11) is 1.52. The predicted octanol–water partition coefficient (Wildman–Crippen LogP) is 2.90. The van der Waals surface area contributed by atoms with Gasteiger partial charge in [0.15, 0.2) is 0 Å². The third-order valence-electron chi connectivity index (χ3n) is 3.53. The van der Waals surface area contributed by atoms with Gasteiger partial charge in [0.1, 0.15) is 6.04 Å². The van der Waals surface area contributed by atoms with Crippen LogP contribution in [0.5, 0.6) is 0 Å². The van der Waals surface area contributed by atoms with Gasteiger partial charge in [-0.3, -0.25) is 14.9 Å². The van der Waals surface area contributed by atoms with Crippen LogP contribution in [-0.4, -0.2) is 34.8 Å². The number of carboxylic acids is 1. The normalized spacial score (nSPS) is 11.5. The predicted molar refractivity (Wildman–Crippen MR) is 94.5 cm³/mol. The molecule has 8 heteroatoms. The molecule has 0 saturated heterocycles. The molecular weight excluding hydrogens is 342 g/mol. The number of benzene rings is 2. The molecule has 2 N–H and O–H groups in total. The van der Waals surface area contributed by atoms with E-state index in [-0.39, 0.29) is 11.4 Å². The third-order valence-corrected chi connectivity index (χ3v) is 4.75. The maximum atomic E-state index is 11.4. The second kappa shape index (κ2) is 8.28. The Morgan fingerprint density at radius 2 is 2.12 bits per heavy atom. The summed E-state index contributed by atoms with van der Waals surface area (Å²) >= 11 is 1.10. The molecule has 0 unspecified atom stereocenters. The quantitative estimate of drug-likeness (QED) is 0.444. The monoisotopic (exact) mass is 357 g/mol. The zero-order chi connectivity index (χ0) is 18.4. The molecule has 25 heavy (non-hydrogen) atoms. The van der Waals surface area contributed by atoms with E-state index in [1.807, 2.05) is 6.07 Å². The number of nitro groups is 1. The van der Waals surface area contributed by atoms with Gasteiger partial charge in [0.2, 0.25) is 0 Å². The van der Waals surface area contributed by atoms with Crippen molar-refractivity contribution in [2.75, 3.05) is 12.8 Å². The van der Waals surface area contributed by atoms with Crippen LogP contribution in [0.15, 0.2) is 47.4 Å². The zero-order valence-corrected chi connectivity index (χ0v) is 14.1. The topological polar surface area (TPSA) is 116 Å². The highest BCUT2D eigenvalue weighted by Crippen LogP contribution is 2.38. The lowest BCUT2D eigenvalue weighted by atomic mass is 10.0. The van der Waals surface area contributed by atoms with Crippen molar-refractivity contribution in [3.05, 3.63) is 58.1 Å². The number of aliphatic carboxylic acids is 1. The Balaban J connectivity index is 2.49. The number of likely N-dealkylation sites (N-methyl/N-ethyl adjacent to an activating group) is 1. The van der Waals surface area contributed by atoms with Crippen molar-refractivity contribution < 1.29 is 14.8 Å². The van der Waals surface area contributed by atoms with E-state index in [2.05, 4.69) is 5.32 Å². The van der Waals surface area contributed by atoms with Gasteiger partial charge >= 0.3 is 5.97 Å². The number of hydrogen-bond donors (Lipinski definition) is 2. The number of thioether (sulfide) groups is 1. The highest BCUT2D eigenvalue weighted by molar-refractivity contribution is 7.99. The molecule has 0 bridgehead atoms. The fraction of sp³-hybridized carbons (Fsp3) is 0.176. The van der Waals surface area contributed by atoms with Gasteiger partial charge in [0, 0.05) is 17.4 Å². The van der Waals surface area contributed by atoms with E-state index in [1.54, 1.807) is 36.4 Å². The third kappa shape index (κ3) is 4.35. The van der Waals surface area contributed by atoms with Crippen LogP contribution >= 0.6 is 11.8 Å². The summed E-state index contributed by atoms with van der Waals surface area (Å²) in [5.41, 5.74) is 1.61. The molecule has 7 nitrogen and oxygen atoms in total. The molecule has 0 aliphatic rings. The van der Waals surface area contributed by atoms with Crippen LogP contribution in [-0.2, 0) is 4.79 Å². The van der Waals surface area contributed by atoms with E-state index in [0.29, 0.717) is 21.6 Å². The Kier molecular flexibility index (Phi) is 6.11. The lowest BCUT2D eigenvalue weighted by molar-refractivity contribution is -0.387. The minimum Gasteiger partial charge on any atom is -0.480 e. The van der Waals surface area contributed by atoms with E-state index in [0.717, 1.165) is 11.8 Å². The van der Waals surface area contributed by atoms with Crippen LogP contribution in [0.1, 0.15) is 5.56 Å². The molecule has 2 aromatic carbocycles. The summed E-state index contributed by atoms with van der Waals surface area (Å²) in [6.45, 7) is 0. The number of nitrogens with one attached hydrogen (secondary N) is 1. The van der Waals surface area contributed by atoms with Crippen LogP contribution in [0, 0.1) is 21.4 Å². The van der Waals surface area contributed by atoms with Crippen LogP contribution in [0.4, 0.5) is 5.69 Å². The first-order valence-electron chi connectivity index (χ1n) is 7.28. The van der Waals surface area contributed by atoms with E-state index in [9.17, 15) is 14.9 Å². The van der Waals surface area contributed by atoms with E-state index < -0.39 is 16.9 Å². The summed E-state index contributed by atoms with van der Waals surface area (Å²) < 4.78 is 0. The fourth-order valence-electron chi connectivity index (χ4n) is 2.25. The molecule has 1 atom stereocenters. The Bertz CT molecular complexity index is 848. The maximum Gasteiger partial charge on any atom is 0.321 e. The molecule has 0 radical (unpaired) electrons. The largest absolute Gasteiger partial charge is 0.480 e. The molecule has 2 aromatic rings. The van der Waals surface area contributed by atoms with Crippen molar-refractivity contribution in [1.82, 2.24) is 5.32 Å². The SMILES string of the molecule is CN[C@@H](CSc1c(-c2cccc(C#N)c2)cccc1[N+](=O)[O-])C(=O)O. The average molecular weight is 357 g/mol. The van der Waals surface area contributed by atoms with Gasteiger partial charge in [-0.1, -0.05) is 24.3 Å². The van der Waals surface area contributed by atoms with E-state index >= 15 is 0 Å². The second-order valence-electron chi connectivity index (χ2n) is 5.09. The number of nitrogens with zero attached hydrogens (tertiary/aromatic N) is 2. The standard InChI is InChI=1S/C17H15N3O4S/c1-19-14(17(21)22)10-25-16-13(6-3-7-15(16)20(23)24)12-5-2-4-11(8-12)9-18/h2-8,14,19H,10H2,1H3,(H,21,22)/t14-/m0/s1. The minimum absolute atomic E-state index is 0.0925. The van der Waals surface area contributed by atoms with Gasteiger partial charge in [0.05, 0.1) is 21.5 Å². The van der Waals surface area contributed by atoms with Gasteiger partial charge in [-0.25, -0.2) is 0 Å². The van der Waals surface area contributed by atoms with Crippen molar-refractivity contribution in [1.29, 1.82) is 5.26 Å². The Morgan fingerprint density at radius 3 is 2.72 bits per heavy atom.